The predicted octanol–water partition coefficient (Wildman–Crippen LogP) is 1.33. The van der Waals surface area contributed by atoms with Gasteiger partial charge in [0.1, 0.15) is 5.78 Å². The number of halogens is 1. The van der Waals surface area contributed by atoms with Crippen LogP contribution >= 0.6 is 0 Å². The van der Waals surface area contributed by atoms with Crippen LogP contribution in [0.4, 0.5) is 4.39 Å². The molecule has 0 amide bonds. The summed E-state index contributed by atoms with van der Waals surface area (Å²) >= 11 is 0. The SMILES string of the molecule is CCC(=O)CCF. The Balaban J connectivity index is 3.00. The van der Waals surface area contributed by atoms with Gasteiger partial charge in [0.15, 0.2) is 0 Å². The maximum absolute atomic E-state index is 11.2. The molecule has 0 rings (SSSR count). The monoisotopic (exact) mass is 104 g/mol. The minimum absolute atomic E-state index is 0.00231. The van der Waals surface area contributed by atoms with Gasteiger partial charge < -0.3 is 0 Å². The van der Waals surface area contributed by atoms with E-state index in [1.165, 1.54) is 0 Å². The summed E-state index contributed by atoms with van der Waals surface area (Å²) < 4.78 is 11.2. The fourth-order valence-corrected chi connectivity index (χ4v) is 0.282. The first kappa shape index (κ1) is 6.60. The van der Waals surface area contributed by atoms with Crippen LogP contribution in [0, 0.1) is 0 Å². The molecule has 7 heavy (non-hydrogen) atoms. The summed E-state index contributed by atoms with van der Waals surface area (Å²) in [5.41, 5.74) is 0. The summed E-state index contributed by atoms with van der Waals surface area (Å²) in [6.45, 7) is 1.23. The van der Waals surface area contributed by atoms with Crippen molar-refractivity contribution in [2.24, 2.45) is 0 Å². The molecule has 0 saturated heterocycles. The van der Waals surface area contributed by atoms with Gasteiger partial charge in [-0.2, -0.15) is 0 Å². The summed E-state index contributed by atoms with van der Waals surface area (Å²) in [6.07, 6.45) is 0.556. The standard InChI is InChI=1S/C5H9FO/c1-2-5(7)3-4-6/h2-4H2,1H3. The third-order valence-corrected chi connectivity index (χ3v) is 0.768. The van der Waals surface area contributed by atoms with Gasteiger partial charge in [-0.25, -0.2) is 0 Å². The van der Waals surface area contributed by atoms with Crippen LogP contribution in [0.2, 0.25) is 0 Å². The zero-order chi connectivity index (χ0) is 5.70. The van der Waals surface area contributed by atoms with Crippen LogP contribution in [-0.4, -0.2) is 12.5 Å². The molecule has 0 unspecified atom stereocenters. The maximum atomic E-state index is 11.2. The number of alkyl halides is 1. The molecule has 0 aliphatic rings. The van der Waals surface area contributed by atoms with Gasteiger partial charge in [0.25, 0.3) is 0 Å². The van der Waals surface area contributed by atoms with Crippen molar-refractivity contribution in [3.05, 3.63) is 0 Å². The lowest BCUT2D eigenvalue weighted by atomic mass is 10.2. The van der Waals surface area contributed by atoms with Gasteiger partial charge in [-0.1, -0.05) is 6.92 Å². The first-order valence-corrected chi connectivity index (χ1v) is 2.39. The molecule has 0 aromatic heterocycles. The van der Waals surface area contributed by atoms with Crippen LogP contribution in [-0.2, 0) is 4.79 Å². The second-order valence-electron chi connectivity index (χ2n) is 1.33. The molecule has 0 aliphatic carbocycles. The Morgan fingerprint density at radius 1 is 1.71 bits per heavy atom. The summed E-state index contributed by atoms with van der Waals surface area (Å²) in [5, 5.41) is 0. The van der Waals surface area contributed by atoms with E-state index in [0.717, 1.165) is 0 Å². The molecule has 42 valence electrons. The highest BCUT2D eigenvalue weighted by molar-refractivity contribution is 5.77. The molecule has 0 N–H and O–H groups in total. The highest BCUT2D eigenvalue weighted by atomic mass is 19.1. The quantitative estimate of drug-likeness (QED) is 0.527. The van der Waals surface area contributed by atoms with Crippen molar-refractivity contribution < 1.29 is 9.18 Å². The van der Waals surface area contributed by atoms with Crippen LogP contribution in [0.5, 0.6) is 0 Å². The van der Waals surface area contributed by atoms with Gasteiger partial charge in [-0.3, -0.25) is 9.18 Å². The molecule has 0 radical (unpaired) electrons. The number of hydrogen-bond donors (Lipinski definition) is 0. The molecule has 0 spiro atoms. The van der Waals surface area contributed by atoms with Crippen LogP contribution in [0.25, 0.3) is 0 Å². The minimum atomic E-state index is -0.507. The average molecular weight is 104 g/mol. The van der Waals surface area contributed by atoms with Crippen molar-refractivity contribution in [3.63, 3.8) is 0 Å². The van der Waals surface area contributed by atoms with Gasteiger partial charge in [0, 0.05) is 12.8 Å². The lowest BCUT2D eigenvalue weighted by Crippen LogP contribution is -1.94. The number of carbonyl (C=O) groups is 1. The van der Waals surface area contributed by atoms with E-state index in [2.05, 4.69) is 0 Å². The van der Waals surface area contributed by atoms with Crippen LogP contribution in [0.1, 0.15) is 19.8 Å². The van der Waals surface area contributed by atoms with Gasteiger partial charge in [-0.15, -0.1) is 0 Å². The molecule has 0 bridgehead atoms. The number of rotatable bonds is 3. The van der Waals surface area contributed by atoms with E-state index in [9.17, 15) is 9.18 Å². The lowest BCUT2D eigenvalue weighted by molar-refractivity contribution is -0.118. The topological polar surface area (TPSA) is 17.1 Å². The molecule has 0 saturated carbocycles. The van der Waals surface area contributed by atoms with Crippen LogP contribution in [0.3, 0.4) is 0 Å². The molecular formula is C5H9FO. The highest BCUT2D eigenvalue weighted by Crippen LogP contribution is 1.87. The fraction of sp³-hybridized carbons (Fsp3) is 0.800. The maximum Gasteiger partial charge on any atom is 0.135 e. The van der Waals surface area contributed by atoms with E-state index in [1.54, 1.807) is 6.92 Å². The molecule has 0 heterocycles. The highest BCUT2D eigenvalue weighted by Gasteiger charge is 1.93. The Labute approximate surface area is 42.5 Å². The number of carbonyl (C=O) groups excluding carboxylic acids is 1. The Hall–Kier alpha value is -0.400. The Morgan fingerprint density at radius 3 is 2.43 bits per heavy atom. The van der Waals surface area contributed by atoms with E-state index < -0.39 is 6.67 Å². The third-order valence-electron chi connectivity index (χ3n) is 0.768. The second kappa shape index (κ2) is 3.78. The number of hydrogen-bond acceptors (Lipinski definition) is 1. The van der Waals surface area contributed by atoms with Crippen molar-refractivity contribution in [2.75, 3.05) is 6.67 Å². The van der Waals surface area contributed by atoms with E-state index in [1.807, 2.05) is 0 Å². The summed E-state index contributed by atoms with van der Waals surface area (Å²) in [6, 6.07) is 0. The molecule has 0 fully saturated rings. The average Bonchev–Trinajstić information content (AvgIpc) is 1.68. The Morgan fingerprint density at radius 2 is 2.29 bits per heavy atom. The van der Waals surface area contributed by atoms with Crippen LogP contribution in [0.15, 0.2) is 0 Å². The molecule has 2 heteroatoms. The zero-order valence-electron chi connectivity index (χ0n) is 4.41. The van der Waals surface area contributed by atoms with Crippen LogP contribution < -0.4 is 0 Å². The predicted molar refractivity (Wildman–Crippen MR) is 25.9 cm³/mol. The normalized spacial score (nSPS) is 8.86. The largest absolute Gasteiger partial charge is 0.300 e. The van der Waals surface area contributed by atoms with Gasteiger partial charge in [0.05, 0.1) is 6.67 Å². The Bertz CT molecular complexity index is 61.1. The van der Waals surface area contributed by atoms with Crippen molar-refractivity contribution in [3.8, 4) is 0 Å². The first-order chi connectivity index (χ1) is 3.31. The smallest absolute Gasteiger partial charge is 0.135 e. The summed E-state index contributed by atoms with van der Waals surface area (Å²) in [7, 11) is 0. The second-order valence-corrected chi connectivity index (χ2v) is 1.33. The molecule has 0 aromatic rings. The van der Waals surface area contributed by atoms with E-state index in [4.69, 9.17) is 0 Å². The van der Waals surface area contributed by atoms with E-state index in [0.29, 0.717) is 6.42 Å². The fourth-order valence-electron chi connectivity index (χ4n) is 0.282. The number of Topliss-reactive ketones (excluding diaryl/α,β-unsaturated/α-hetero) is 1. The minimum Gasteiger partial charge on any atom is -0.300 e. The lowest BCUT2D eigenvalue weighted by Gasteiger charge is -1.85. The van der Waals surface area contributed by atoms with Gasteiger partial charge in [-0.05, 0) is 0 Å². The van der Waals surface area contributed by atoms with Crippen molar-refractivity contribution in [1.82, 2.24) is 0 Å². The zero-order valence-corrected chi connectivity index (χ0v) is 4.41. The first-order valence-electron chi connectivity index (χ1n) is 2.39. The molecular weight excluding hydrogens is 95.1 g/mol. The van der Waals surface area contributed by atoms with Crippen molar-refractivity contribution >= 4 is 5.78 Å². The molecule has 0 atom stereocenters. The van der Waals surface area contributed by atoms with Crippen molar-refractivity contribution in [2.45, 2.75) is 19.8 Å². The Kier molecular flexibility index (Phi) is 3.56. The molecule has 0 aromatic carbocycles. The van der Waals surface area contributed by atoms with E-state index in [-0.39, 0.29) is 12.2 Å². The molecule has 1 nitrogen and oxygen atoms in total. The number of ketones is 1. The van der Waals surface area contributed by atoms with Gasteiger partial charge >= 0.3 is 0 Å². The van der Waals surface area contributed by atoms with E-state index >= 15 is 0 Å². The van der Waals surface area contributed by atoms with Gasteiger partial charge in [0.2, 0.25) is 0 Å². The molecule has 0 aliphatic heterocycles. The summed E-state index contributed by atoms with van der Waals surface area (Å²) in [4.78, 5) is 10.2. The summed E-state index contributed by atoms with van der Waals surface area (Å²) in [5.74, 6) is 0.00231. The third kappa shape index (κ3) is 3.43. The van der Waals surface area contributed by atoms with Crippen molar-refractivity contribution in [1.29, 1.82) is 0 Å².